The summed E-state index contributed by atoms with van der Waals surface area (Å²) in [5, 5.41) is 14.3. The molecular formula is C10H14OS. The molecule has 2 unspecified atom stereocenters. The average Bonchev–Trinajstić information content (AvgIpc) is 2.59. The Hall–Kier alpha value is -0.340. The summed E-state index contributed by atoms with van der Waals surface area (Å²) in [7, 11) is 0. The molecule has 0 spiro atoms. The van der Waals surface area contributed by atoms with Gasteiger partial charge in [-0.15, -0.1) is 0 Å². The first-order valence-electron chi connectivity index (χ1n) is 4.46. The lowest BCUT2D eigenvalue weighted by atomic mass is 9.94. The molecule has 1 nitrogen and oxygen atoms in total. The highest BCUT2D eigenvalue weighted by molar-refractivity contribution is 7.08. The largest absolute Gasteiger partial charge is 0.385 e. The summed E-state index contributed by atoms with van der Waals surface area (Å²) in [6.07, 6.45) is 3.03. The maximum atomic E-state index is 10.2. The molecule has 2 rings (SSSR count). The first-order valence-corrected chi connectivity index (χ1v) is 5.40. The Kier molecular flexibility index (Phi) is 1.97. The van der Waals surface area contributed by atoms with Crippen LogP contribution in [0, 0.1) is 5.92 Å². The van der Waals surface area contributed by atoms with Gasteiger partial charge in [0, 0.05) is 0 Å². The van der Waals surface area contributed by atoms with Crippen molar-refractivity contribution in [2.24, 2.45) is 5.92 Å². The van der Waals surface area contributed by atoms with Gasteiger partial charge in [-0.2, -0.15) is 11.3 Å². The molecule has 0 aromatic carbocycles. The molecule has 0 aliphatic heterocycles. The number of hydrogen-bond acceptors (Lipinski definition) is 2. The van der Waals surface area contributed by atoms with Gasteiger partial charge in [-0.3, -0.25) is 0 Å². The molecule has 2 atom stereocenters. The van der Waals surface area contributed by atoms with Gasteiger partial charge in [0.15, 0.2) is 0 Å². The van der Waals surface area contributed by atoms with E-state index in [-0.39, 0.29) is 0 Å². The van der Waals surface area contributed by atoms with Crippen LogP contribution in [0.4, 0.5) is 0 Å². The first-order chi connectivity index (χ1) is 5.71. The van der Waals surface area contributed by atoms with E-state index < -0.39 is 5.60 Å². The standard InChI is InChI=1S/C10H14OS/c1-8-2-4-10(11,6-8)9-3-5-12-7-9/h3,5,7-8,11H,2,4,6H2,1H3. The predicted octanol–water partition coefficient (Wildman–Crippen LogP) is 2.76. The van der Waals surface area contributed by atoms with Crippen molar-refractivity contribution in [3.8, 4) is 0 Å². The Bertz CT molecular complexity index is 255. The van der Waals surface area contributed by atoms with Crippen molar-refractivity contribution in [3.63, 3.8) is 0 Å². The maximum absolute atomic E-state index is 10.2. The summed E-state index contributed by atoms with van der Waals surface area (Å²) in [6.45, 7) is 2.21. The van der Waals surface area contributed by atoms with Gasteiger partial charge in [-0.05, 0) is 47.6 Å². The lowest BCUT2D eigenvalue weighted by Gasteiger charge is -2.21. The second kappa shape index (κ2) is 2.86. The summed E-state index contributed by atoms with van der Waals surface area (Å²) in [6, 6.07) is 2.04. The lowest BCUT2D eigenvalue weighted by molar-refractivity contribution is 0.0412. The van der Waals surface area contributed by atoms with E-state index in [1.165, 1.54) is 0 Å². The van der Waals surface area contributed by atoms with Crippen LogP contribution in [0.1, 0.15) is 31.7 Å². The van der Waals surface area contributed by atoms with Gasteiger partial charge in [0.1, 0.15) is 0 Å². The van der Waals surface area contributed by atoms with Crippen LogP contribution in [-0.4, -0.2) is 5.11 Å². The van der Waals surface area contributed by atoms with Gasteiger partial charge >= 0.3 is 0 Å². The van der Waals surface area contributed by atoms with E-state index in [0.29, 0.717) is 5.92 Å². The minimum atomic E-state index is -0.501. The van der Waals surface area contributed by atoms with Crippen molar-refractivity contribution >= 4 is 11.3 Å². The van der Waals surface area contributed by atoms with E-state index in [4.69, 9.17) is 0 Å². The van der Waals surface area contributed by atoms with Gasteiger partial charge in [0.25, 0.3) is 0 Å². The summed E-state index contributed by atoms with van der Waals surface area (Å²) in [5.41, 5.74) is 0.622. The van der Waals surface area contributed by atoms with Crippen LogP contribution >= 0.6 is 11.3 Å². The highest BCUT2D eigenvalue weighted by Crippen LogP contribution is 2.42. The first kappa shape index (κ1) is 8.27. The highest BCUT2D eigenvalue weighted by Gasteiger charge is 2.36. The van der Waals surface area contributed by atoms with E-state index in [1.54, 1.807) is 11.3 Å². The fraction of sp³-hybridized carbons (Fsp3) is 0.600. The van der Waals surface area contributed by atoms with Crippen LogP contribution in [0.15, 0.2) is 16.8 Å². The van der Waals surface area contributed by atoms with Crippen LogP contribution in [0.5, 0.6) is 0 Å². The van der Waals surface area contributed by atoms with E-state index in [2.05, 4.69) is 12.3 Å². The molecule has 0 amide bonds. The summed E-state index contributed by atoms with van der Waals surface area (Å²) < 4.78 is 0. The van der Waals surface area contributed by atoms with Crippen LogP contribution < -0.4 is 0 Å². The predicted molar refractivity (Wildman–Crippen MR) is 51.2 cm³/mol. The molecular weight excluding hydrogens is 168 g/mol. The van der Waals surface area contributed by atoms with Crippen molar-refractivity contribution in [2.45, 2.75) is 31.8 Å². The number of aliphatic hydroxyl groups is 1. The van der Waals surface area contributed by atoms with Gasteiger partial charge in [-0.1, -0.05) is 6.92 Å². The number of rotatable bonds is 1. The van der Waals surface area contributed by atoms with Crippen molar-refractivity contribution in [1.29, 1.82) is 0 Å². The smallest absolute Gasteiger partial charge is 0.0907 e. The molecule has 0 radical (unpaired) electrons. The molecule has 12 heavy (non-hydrogen) atoms. The van der Waals surface area contributed by atoms with Crippen LogP contribution in [-0.2, 0) is 5.60 Å². The SMILES string of the molecule is CC1CCC(O)(c2ccsc2)C1. The third-order valence-electron chi connectivity index (χ3n) is 2.80. The van der Waals surface area contributed by atoms with Gasteiger partial charge in [0.2, 0.25) is 0 Å². The summed E-state index contributed by atoms with van der Waals surface area (Å²) in [4.78, 5) is 0. The Morgan fingerprint density at radius 3 is 3.00 bits per heavy atom. The Balaban J connectivity index is 2.23. The second-order valence-electron chi connectivity index (χ2n) is 3.89. The molecule has 0 bridgehead atoms. The Morgan fingerprint density at radius 2 is 2.50 bits per heavy atom. The topological polar surface area (TPSA) is 20.2 Å². The molecule has 2 heteroatoms. The molecule has 1 aliphatic rings. The lowest BCUT2D eigenvalue weighted by Crippen LogP contribution is -2.20. The zero-order chi connectivity index (χ0) is 8.60. The summed E-state index contributed by atoms with van der Waals surface area (Å²) >= 11 is 1.67. The number of thiophene rings is 1. The fourth-order valence-electron chi connectivity index (χ4n) is 2.06. The van der Waals surface area contributed by atoms with Crippen molar-refractivity contribution in [3.05, 3.63) is 22.4 Å². The Morgan fingerprint density at radius 1 is 1.67 bits per heavy atom. The van der Waals surface area contributed by atoms with Crippen molar-refractivity contribution in [2.75, 3.05) is 0 Å². The fourth-order valence-corrected chi connectivity index (χ4v) is 2.81. The van der Waals surface area contributed by atoms with Crippen molar-refractivity contribution in [1.82, 2.24) is 0 Å². The quantitative estimate of drug-likeness (QED) is 0.708. The molecule has 1 heterocycles. The molecule has 1 saturated carbocycles. The zero-order valence-corrected chi connectivity index (χ0v) is 8.10. The minimum absolute atomic E-state index is 0.501. The molecule has 0 saturated heterocycles. The molecule has 1 fully saturated rings. The minimum Gasteiger partial charge on any atom is -0.385 e. The van der Waals surface area contributed by atoms with E-state index >= 15 is 0 Å². The zero-order valence-electron chi connectivity index (χ0n) is 7.29. The molecule has 1 aliphatic carbocycles. The normalized spacial score (nSPS) is 35.7. The van der Waals surface area contributed by atoms with Crippen LogP contribution in [0.3, 0.4) is 0 Å². The third kappa shape index (κ3) is 1.29. The van der Waals surface area contributed by atoms with Gasteiger partial charge < -0.3 is 5.11 Å². The van der Waals surface area contributed by atoms with E-state index in [1.807, 2.05) is 11.4 Å². The number of hydrogen-bond donors (Lipinski definition) is 1. The van der Waals surface area contributed by atoms with E-state index in [0.717, 1.165) is 24.8 Å². The van der Waals surface area contributed by atoms with Gasteiger partial charge in [-0.25, -0.2) is 0 Å². The second-order valence-corrected chi connectivity index (χ2v) is 4.67. The van der Waals surface area contributed by atoms with E-state index in [9.17, 15) is 5.11 Å². The molecule has 66 valence electrons. The maximum Gasteiger partial charge on any atom is 0.0907 e. The van der Waals surface area contributed by atoms with Crippen molar-refractivity contribution < 1.29 is 5.11 Å². The van der Waals surface area contributed by atoms with Crippen LogP contribution in [0.25, 0.3) is 0 Å². The molecule has 1 aromatic rings. The molecule has 1 aromatic heterocycles. The van der Waals surface area contributed by atoms with Crippen LogP contribution in [0.2, 0.25) is 0 Å². The summed E-state index contributed by atoms with van der Waals surface area (Å²) in [5.74, 6) is 0.676. The highest BCUT2D eigenvalue weighted by atomic mass is 32.1. The average molecular weight is 182 g/mol. The third-order valence-corrected chi connectivity index (χ3v) is 3.48. The van der Waals surface area contributed by atoms with Gasteiger partial charge in [0.05, 0.1) is 5.60 Å². The molecule has 1 N–H and O–H groups in total. The monoisotopic (exact) mass is 182 g/mol. The Labute approximate surface area is 77.0 Å².